The maximum atomic E-state index is 13.4. The van der Waals surface area contributed by atoms with Crippen LogP contribution >= 0.6 is 0 Å². The highest BCUT2D eigenvalue weighted by Gasteiger charge is 2.20. The van der Waals surface area contributed by atoms with Crippen LogP contribution in [0.25, 0.3) is 21.7 Å². The summed E-state index contributed by atoms with van der Waals surface area (Å²) in [6.07, 6.45) is 0. The van der Waals surface area contributed by atoms with Gasteiger partial charge in [-0.15, -0.1) is 5.10 Å². The fourth-order valence-electron chi connectivity index (χ4n) is 4.93. The van der Waals surface area contributed by atoms with Crippen molar-refractivity contribution in [2.75, 3.05) is 10.0 Å². The van der Waals surface area contributed by atoms with Crippen molar-refractivity contribution in [1.29, 1.82) is 0 Å². The standard InChI is InChI=1S/C29H26N8O3S/c30-16-20-10-11-22-15-27(28(38)31-29-32-35-36-33-29)37(26(22)12-20)17-23-14-24(13-21-8-4-5-9-25(21)23)34-41(39,40)18-19-6-2-1-3-7-19/h1-15,34H,16-18,30H2,(H2,31,32,33,35,36,38). The van der Waals surface area contributed by atoms with Crippen LogP contribution in [0.5, 0.6) is 0 Å². The number of carbonyl (C=O) groups excluding carboxylic acids is 1. The van der Waals surface area contributed by atoms with Crippen molar-refractivity contribution >= 4 is 49.2 Å². The zero-order chi connectivity index (χ0) is 28.4. The largest absolute Gasteiger partial charge is 0.332 e. The second-order valence-electron chi connectivity index (χ2n) is 9.61. The van der Waals surface area contributed by atoms with Gasteiger partial charge in [0.25, 0.3) is 11.9 Å². The van der Waals surface area contributed by atoms with Gasteiger partial charge in [0.2, 0.25) is 10.0 Å². The molecule has 0 saturated heterocycles. The fourth-order valence-corrected chi connectivity index (χ4v) is 6.11. The van der Waals surface area contributed by atoms with Crippen LogP contribution in [0.1, 0.15) is 27.2 Å². The molecule has 0 unspecified atom stereocenters. The molecular weight excluding hydrogens is 540 g/mol. The molecule has 0 aliphatic rings. The Labute approximate surface area is 235 Å². The summed E-state index contributed by atoms with van der Waals surface area (Å²) in [5, 5.41) is 18.8. The van der Waals surface area contributed by atoms with Crippen LogP contribution in [0.15, 0.2) is 91.0 Å². The lowest BCUT2D eigenvalue weighted by Gasteiger charge is -2.16. The number of nitrogens with two attached hydrogens (primary N) is 1. The number of tetrazole rings is 1. The summed E-state index contributed by atoms with van der Waals surface area (Å²) in [7, 11) is -3.69. The molecule has 0 atom stereocenters. The van der Waals surface area contributed by atoms with Crippen molar-refractivity contribution in [3.63, 3.8) is 0 Å². The number of anilines is 2. The first kappa shape index (κ1) is 26.2. The molecule has 6 aromatic rings. The molecule has 41 heavy (non-hydrogen) atoms. The molecule has 0 aliphatic heterocycles. The number of aromatic amines is 1. The van der Waals surface area contributed by atoms with Crippen LogP contribution in [0.2, 0.25) is 0 Å². The number of amides is 1. The second-order valence-corrected chi connectivity index (χ2v) is 11.3. The molecule has 0 radical (unpaired) electrons. The minimum absolute atomic E-state index is 0.0507. The Kier molecular flexibility index (Phi) is 6.91. The SMILES string of the molecule is NCc1ccc2cc(C(=O)Nc3nn[nH]n3)n(Cc3cc(NS(=O)(=O)Cc4ccccc4)cc4ccccc34)c2c1. The van der Waals surface area contributed by atoms with E-state index in [0.29, 0.717) is 23.5 Å². The van der Waals surface area contributed by atoms with Gasteiger partial charge in [-0.3, -0.25) is 14.8 Å². The molecule has 11 nitrogen and oxygen atoms in total. The predicted molar refractivity (Wildman–Crippen MR) is 158 cm³/mol. The van der Waals surface area contributed by atoms with E-state index in [0.717, 1.165) is 32.8 Å². The summed E-state index contributed by atoms with van der Waals surface area (Å²) in [6, 6.07) is 28.0. The van der Waals surface area contributed by atoms with Gasteiger partial charge in [0.15, 0.2) is 0 Å². The maximum absolute atomic E-state index is 13.4. The summed E-state index contributed by atoms with van der Waals surface area (Å²) >= 11 is 0. The Hall–Kier alpha value is -5.07. The average Bonchev–Trinajstić information content (AvgIpc) is 3.60. The zero-order valence-electron chi connectivity index (χ0n) is 21.8. The van der Waals surface area contributed by atoms with Crippen molar-refractivity contribution in [1.82, 2.24) is 25.2 Å². The predicted octanol–water partition coefficient (Wildman–Crippen LogP) is 4.01. The molecule has 12 heteroatoms. The summed E-state index contributed by atoms with van der Waals surface area (Å²) in [5.41, 5.74) is 9.97. The number of hydrogen-bond donors (Lipinski definition) is 4. The normalized spacial score (nSPS) is 11.6. The number of H-pyrrole nitrogens is 1. The zero-order valence-corrected chi connectivity index (χ0v) is 22.6. The van der Waals surface area contributed by atoms with Gasteiger partial charge in [0.1, 0.15) is 5.69 Å². The smallest absolute Gasteiger partial charge is 0.274 e. The average molecular weight is 567 g/mol. The van der Waals surface area contributed by atoms with Gasteiger partial charge in [0.05, 0.1) is 5.75 Å². The Morgan fingerprint density at radius 3 is 2.49 bits per heavy atom. The number of nitrogens with one attached hydrogen (secondary N) is 3. The molecular formula is C29H26N8O3S. The van der Waals surface area contributed by atoms with E-state index in [9.17, 15) is 13.2 Å². The molecule has 5 N–H and O–H groups in total. The summed E-state index contributed by atoms with van der Waals surface area (Å²) in [6.45, 7) is 0.619. The molecule has 206 valence electrons. The van der Waals surface area contributed by atoms with Crippen LogP contribution in [-0.4, -0.2) is 39.5 Å². The van der Waals surface area contributed by atoms with E-state index in [-0.39, 0.29) is 18.2 Å². The molecule has 0 bridgehead atoms. The number of hydrogen-bond acceptors (Lipinski definition) is 7. The minimum atomic E-state index is -3.69. The number of nitrogens with zero attached hydrogens (tertiary/aromatic N) is 4. The molecule has 2 aromatic heterocycles. The van der Waals surface area contributed by atoms with Crippen LogP contribution < -0.4 is 15.8 Å². The summed E-state index contributed by atoms with van der Waals surface area (Å²) in [4.78, 5) is 13.4. The van der Waals surface area contributed by atoms with Gasteiger partial charge in [-0.2, -0.15) is 5.21 Å². The summed E-state index contributed by atoms with van der Waals surface area (Å²) < 4.78 is 30.8. The van der Waals surface area contributed by atoms with Gasteiger partial charge < -0.3 is 10.3 Å². The third-order valence-electron chi connectivity index (χ3n) is 6.76. The van der Waals surface area contributed by atoms with Crippen LogP contribution in [0.3, 0.4) is 0 Å². The van der Waals surface area contributed by atoms with E-state index in [4.69, 9.17) is 5.73 Å². The first-order valence-electron chi connectivity index (χ1n) is 12.8. The first-order valence-corrected chi connectivity index (χ1v) is 14.5. The lowest BCUT2D eigenvalue weighted by atomic mass is 10.0. The fraction of sp³-hybridized carbons (Fsp3) is 0.103. The maximum Gasteiger partial charge on any atom is 0.274 e. The Morgan fingerprint density at radius 1 is 0.902 bits per heavy atom. The molecule has 0 aliphatic carbocycles. The minimum Gasteiger partial charge on any atom is -0.332 e. The van der Waals surface area contributed by atoms with E-state index in [1.54, 1.807) is 18.2 Å². The topological polar surface area (TPSA) is 161 Å². The van der Waals surface area contributed by atoms with Crippen LogP contribution in [-0.2, 0) is 28.9 Å². The van der Waals surface area contributed by atoms with E-state index < -0.39 is 15.9 Å². The monoisotopic (exact) mass is 566 g/mol. The quantitative estimate of drug-likeness (QED) is 0.206. The molecule has 1 amide bonds. The van der Waals surface area contributed by atoms with Gasteiger partial charge in [-0.25, -0.2) is 8.42 Å². The van der Waals surface area contributed by atoms with Gasteiger partial charge in [-0.05, 0) is 56.9 Å². The Balaban J connectivity index is 1.42. The number of fused-ring (bicyclic) bond motifs is 2. The second kappa shape index (κ2) is 10.8. The van der Waals surface area contributed by atoms with Crippen molar-refractivity contribution < 1.29 is 13.2 Å². The molecule has 0 saturated carbocycles. The van der Waals surface area contributed by atoms with Gasteiger partial charge in [0, 0.05) is 29.7 Å². The van der Waals surface area contributed by atoms with Crippen LogP contribution in [0.4, 0.5) is 11.6 Å². The molecule has 6 rings (SSSR count). The third kappa shape index (κ3) is 5.64. The van der Waals surface area contributed by atoms with E-state index >= 15 is 0 Å². The van der Waals surface area contributed by atoms with Crippen molar-refractivity contribution in [3.8, 4) is 0 Å². The Bertz CT molecular complexity index is 1970. The third-order valence-corrected chi connectivity index (χ3v) is 8.02. The molecule has 0 spiro atoms. The van der Waals surface area contributed by atoms with Crippen molar-refractivity contribution in [2.24, 2.45) is 5.73 Å². The van der Waals surface area contributed by atoms with E-state index in [1.807, 2.05) is 77.4 Å². The highest BCUT2D eigenvalue weighted by atomic mass is 32.2. The number of carbonyl (C=O) groups is 1. The highest BCUT2D eigenvalue weighted by molar-refractivity contribution is 7.91. The molecule has 2 heterocycles. The lowest BCUT2D eigenvalue weighted by molar-refractivity contribution is 0.101. The van der Waals surface area contributed by atoms with Gasteiger partial charge >= 0.3 is 0 Å². The number of aromatic nitrogens is 5. The summed E-state index contributed by atoms with van der Waals surface area (Å²) in [5.74, 6) is -0.517. The number of benzene rings is 4. The van der Waals surface area contributed by atoms with E-state index in [1.165, 1.54) is 0 Å². The number of rotatable bonds is 9. The lowest BCUT2D eigenvalue weighted by Crippen LogP contribution is -2.19. The molecule has 0 fully saturated rings. The van der Waals surface area contributed by atoms with Gasteiger partial charge in [-0.1, -0.05) is 71.8 Å². The first-order chi connectivity index (χ1) is 19.9. The van der Waals surface area contributed by atoms with Crippen molar-refractivity contribution in [2.45, 2.75) is 18.8 Å². The van der Waals surface area contributed by atoms with E-state index in [2.05, 4.69) is 30.7 Å². The Morgan fingerprint density at radius 2 is 1.71 bits per heavy atom. The van der Waals surface area contributed by atoms with Crippen molar-refractivity contribution in [3.05, 3.63) is 113 Å². The number of sulfonamides is 1. The molecule has 4 aromatic carbocycles. The highest BCUT2D eigenvalue weighted by Crippen LogP contribution is 2.29. The van der Waals surface area contributed by atoms with Crippen LogP contribution in [0, 0.1) is 0 Å².